The van der Waals surface area contributed by atoms with Gasteiger partial charge < -0.3 is 10.6 Å². The van der Waals surface area contributed by atoms with Crippen LogP contribution >= 0.6 is 15.9 Å². The van der Waals surface area contributed by atoms with Crippen LogP contribution in [0.2, 0.25) is 0 Å². The van der Waals surface area contributed by atoms with Crippen LogP contribution in [0.4, 0.5) is 5.69 Å². The molecule has 1 aliphatic carbocycles. The number of hydrogen-bond donors (Lipinski definition) is 1. The van der Waals surface area contributed by atoms with Crippen LogP contribution in [-0.4, -0.2) is 13.1 Å². The van der Waals surface area contributed by atoms with Crippen LogP contribution in [0.25, 0.3) is 0 Å². The van der Waals surface area contributed by atoms with E-state index >= 15 is 0 Å². The van der Waals surface area contributed by atoms with Gasteiger partial charge in [0.25, 0.3) is 0 Å². The highest BCUT2D eigenvalue weighted by Gasteiger charge is 2.23. The zero-order valence-corrected chi connectivity index (χ0v) is 13.8. The number of nitrogens with zero attached hydrogens (tertiary/aromatic N) is 1. The quantitative estimate of drug-likeness (QED) is 0.887. The highest BCUT2D eigenvalue weighted by Crippen LogP contribution is 2.34. The molecular formula is C16H25BrN2. The molecule has 0 amide bonds. The summed E-state index contributed by atoms with van der Waals surface area (Å²) in [6.07, 6.45) is 5.35. The number of halogens is 1. The first kappa shape index (κ1) is 14.9. The molecule has 0 spiro atoms. The van der Waals surface area contributed by atoms with Gasteiger partial charge in [-0.05, 0) is 59.3 Å². The lowest BCUT2D eigenvalue weighted by Gasteiger charge is -2.36. The first-order valence-electron chi connectivity index (χ1n) is 7.27. The average molecular weight is 325 g/mol. The van der Waals surface area contributed by atoms with Gasteiger partial charge in [0.15, 0.2) is 0 Å². The lowest BCUT2D eigenvalue weighted by Crippen LogP contribution is -2.35. The van der Waals surface area contributed by atoms with Gasteiger partial charge in [-0.1, -0.05) is 25.8 Å². The van der Waals surface area contributed by atoms with Crippen molar-refractivity contribution in [1.29, 1.82) is 0 Å². The maximum atomic E-state index is 5.94. The van der Waals surface area contributed by atoms with Gasteiger partial charge in [0.05, 0.1) is 5.69 Å². The molecule has 2 N–H and O–H groups in total. The molecule has 0 radical (unpaired) electrons. The van der Waals surface area contributed by atoms with E-state index in [1.54, 1.807) is 0 Å². The van der Waals surface area contributed by atoms with E-state index in [-0.39, 0.29) is 6.04 Å². The minimum Gasteiger partial charge on any atom is -0.371 e. The standard InChI is InChI=1S/C16H25BrN2/c1-11-5-4-6-14(9-11)19(3)16-8-7-13(12(2)18)10-15(16)17/h7-8,10-12,14H,4-6,9,18H2,1-3H3/t11?,12-,14?/m0/s1. The van der Waals surface area contributed by atoms with E-state index in [0.717, 1.165) is 10.4 Å². The molecule has 19 heavy (non-hydrogen) atoms. The zero-order valence-electron chi connectivity index (χ0n) is 12.2. The minimum absolute atomic E-state index is 0.0883. The summed E-state index contributed by atoms with van der Waals surface area (Å²) in [5, 5.41) is 0. The number of benzene rings is 1. The summed E-state index contributed by atoms with van der Waals surface area (Å²) in [7, 11) is 2.22. The molecule has 2 rings (SSSR count). The Labute approximate surface area is 125 Å². The predicted molar refractivity (Wildman–Crippen MR) is 86.6 cm³/mol. The number of nitrogens with two attached hydrogens (primary N) is 1. The van der Waals surface area contributed by atoms with E-state index in [2.05, 4.69) is 53.0 Å². The SMILES string of the molecule is CC1CCCC(N(C)c2ccc([C@H](C)N)cc2Br)C1. The van der Waals surface area contributed by atoms with Crippen molar-refractivity contribution in [1.82, 2.24) is 0 Å². The Morgan fingerprint density at radius 2 is 2.11 bits per heavy atom. The average Bonchev–Trinajstić information content (AvgIpc) is 2.37. The second kappa shape index (κ2) is 6.27. The van der Waals surface area contributed by atoms with Gasteiger partial charge in [-0.15, -0.1) is 0 Å². The molecule has 0 heterocycles. The highest BCUT2D eigenvalue weighted by molar-refractivity contribution is 9.10. The smallest absolute Gasteiger partial charge is 0.0510 e. The normalized spacial score (nSPS) is 25.1. The lowest BCUT2D eigenvalue weighted by molar-refractivity contribution is 0.336. The van der Waals surface area contributed by atoms with E-state index in [1.165, 1.54) is 36.9 Å². The molecule has 2 unspecified atom stereocenters. The molecule has 0 saturated heterocycles. The first-order chi connectivity index (χ1) is 8.99. The molecule has 3 heteroatoms. The fourth-order valence-corrected chi connectivity index (χ4v) is 3.72. The molecule has 106 valence electrons. The van der Waals surface area contributed by atoms with Gasteiger partial charge in [0.1, 0.15) is 0 Å². The van der Waals surface area contributed by atoms with Crippen molar-refractivity contribution in [3.8, 4) is 0 Å². The molecule has 2 nitrogen and oxygen atoms in total. The molecule has 0 aromatic heterocycles. The Morgan fingerprint density at radius 1 is 1.37 bits per heavy atom. The van der Waals surface area contributed by atoms with Crippen molar-refractivity contribution in [2.75, 3.05) is 11.9 Å². The molecule has 0 aliphatic heterocycles. The summed E-state index contributed by atoms with van der Waals surface area (Å²) in [6, 6.07) is 7.25. The van der Waals surface area contributed by atoms with Crippen molar-refractivity contribution in [3.63, 3.8) is 0 Å². The van der Waals surface area contributed by atoms with Crippen LogP contribution in [0, 0.1) is 5.92 Å². The molecule has 0 bridgehead atoms. The second-order valence-corrected chi connectivity index (χ2v) is 6.89. The Kier molecular flexibility index (Phi) is 4.91. The minimum atomic E-state index is 0.0883. The summed E-state index contributed by atoms with van der Waals surface area (Å²) in [6.45, 7) is 4.39. The Balaban J connectivity index is 2.16. The maximum absolute atomic E-state index is 5.94. The number of anilines is 1. The van der Waals surface area contributed by atoms with Crippen LogP contribution in [0.5, 0.6) is 0 Å². The van der Waals surface area contributed by atoms with Crippen LogP contribution in [0.3, 0.4) is 0 Å². The first-order valence-corrected chi connectivity index (χ1v) is 8.06. The summed E-state index contributed by atoms with van der Waals surface area (Å²) >= 11 is 3.70. The summed E-state index contributed by atoms with van der Waals surface area (Å²) < 4.78 is 1.16. The topological polar surface area (TPSA) is 29.3 Å². The van der Waals surface area contributed by atoms with E-state index < -0.39 is 0 Å². The summed E-state index contributed by atoms with van der Waals surface area (Å²) in [5.41, 5.74) is 8.40. The van der Waals surface area contributed by atoms with Gasteiger partial charge in [0.2, 0.25) is 0 Å². The van der Waals surface area contributed by atoms with E-state index in [9.17, 15) is 0 Å². The monoisotopic (exact) mass is 324 g/mol. The third-order valence-electron chi connectivity index (χ3n) is 4.33. The molecule has 1 saturated carbocycles. The van der Waals surface area contributed by atoms with Gasteiger partial charge in [-0.3, -0.25) is 0 Å². The number of hydrogen-bond acceptors (Lipinski definition) is 2. The van der Waals surface area contributed by atoms with Crippen LogP contribution in [-0.2, 0) is 0 Å². The molecule has 1 aromatic carbocycles. The fourth-order valence-electron chi connectivity index (χ4n) is 3.04. The van der Waals surface area contributed by atoms with Gasteiger partial charge in [-0.2, -0.15) is 0 Å². The third kappa shape index (κ3) is 3.51. The lowest BCUT2D eigenvalue weighted by atomic mass is 9.86. The third-order valence-corrected chi connectivity index (χ3v) is 4.97. The van der Waals surface area contributed by atoms with Gasteiger partial charge in [0, 0.05) is 23.6 Å². The van der Waals surface area contributed by atoms with Crippen LogP contribution in [0.15, 0.2) is 22.7 Å². The fraction of sp³-hybridized carbons (Fsp3) is 0.625. The highest BCUT2D eigenvalue weighted by atomic mass is 79.9. The van der Waals surface area contributed by atoms with Gasteiger partial charge >= 0.3 is 0 Å². The molecular weight excluding hydrogens is 300 g/mol. The van der Waals surface area contributed by atoms with Crippen molar-refractivity contribution < 1.29 is 0 Å². The Bertz CT molecular complexity index is 431. The van der Waals surface area contributed by atoms with Crippen molar-refractivity contribution in [2.24, 2.45) is 11.7 Å². The summed E-state index contributed by atoms with van der Waals surface area (Å²) in [4.78, 5) is 2.44. The van der Waals surface area contributed by atoms with Crippen molar-refractivity contribution >= 4 is 21.6 Å². The van der Waals surface area contributed by atoms with Crippen LogP contribution < -0.4 is 10.6 Å². The molecule has 1 aliphatic rings. The molecule has 1 fully saturated rings. The Hall–Kier alpha value is -0.540. The van der Waals surface area contributed by atoms with Crippen molar-refractivity contribution in [2.45, 2.75) is 51.6 Å². The second-order valence-electron chi connectivity index (χ2n) is 6.04. The van der Waals surface area contributed by atoms with Gasteiger partial charge in [-0.25, -0.2) is 0 Å². The maximum Gasteiger partial charge on any atom is 0.0510 e. The largest absolute Gasteiger partial charge is 0.371 e. The van der Waals surface area contributed by atoms with E-state index in [4.69, 9.17) is 5.73 Å². The predicted octanol–water partition coefficient (Wildman–Crippen LogP) is 4.48. The molecule has 3 atom stereocenters. The molecule has 1 aromatic rings. The number of rotatable bonds is 3. The zero-order chi connectivity index (χ0) is 14.0. The van der Waals surface area contributed by atoms with Crippen LogP contribution in [0.1, 0.15) is 51.1 Å². The van der Waals surface area contributed by atoms with E-state index in [1.807, 2.05) is 6.92 Å². The van der Waals surface area contributed by atoms with Crippen molar-refractivity contribution in [3.05, 3.63) is 28.2 Å². The Morgan fingerprint density at radius 3 is 2.68 bits per heavy atom. The van der Waals surface area contributed by atoms with E-state index in [0.29, 0.717) is 6.04 Å². The summed E-state index contributed by atoms with van der Waals surface area (Å²) in [5.74, 6) is 0.850.